The van der Waals surface area contributed by atoms with E-state index in [2.05, 4.69) is 0 Å². The molecule has 0 saturated carbocycles. The SMILES string of the molecule is Nc1c(Cl)cc(/C=C(\O)C(=O)O)cc1C(F)(F)F.Nc1c(Cl)cc(CC(O)C(=O)O)cc1C(F)(F)F.[2HH]. The lowest BCUT2D eigenvalue weighted by atomic mass is 10.0. The molecule has 2 rings (SSSR count). The second-order valence-corrected chi connectivity index (χ2v) is 7.71. The Morgan fingerprint density at radius 1 is 0.889 bits per heavy atom. The molecule has 0 saturated heterocycles. The van der Waals surface area contributed by atoms with Crippen molar-refractivity contribution in [3.05, 3.63) is 62.3 Å². The number of aliphatic carboxylic acids is 2. The number of halogens is 8. The molecule has 8 N–H and O–H groups in total. The second-order valence-electron chi connectivity index (χ2n) is 6.89. The van der Waals surface area contributed by atoms with Gasteiger partial charge in [-0.1, -0.05) is 23.2 Å². The molecule has 0 heterocycles. The molecule has 2 aromatic rings. The molecular formula is C20H18Cl2F6N2O6. The summed E-state index contributed by atoms with van der Waals surface area (Å²) in [7, 11) is 0. The van der Waals surface area contributed by atoms with Gasteiger partial charge in [-0.2, -0.15) is 26.3 Å². The van der Waals surface area contributed by atoms with Crippen LogP contribution < -0.4 is 11.5 Å². The van der Waals surface area contributed by atoms with Crippen molar-refractivity contribution in [2.75, 3.05) is 11.5 Å². The molecule has 2 aromatic carbocycles. The Kier molecular flexibility index (Phi) is 9.87. The number of rotatable bonds is 5. The lowest BCUT2D eigenvalue weighted by molar-refractivity contribution is -0.146. The van der Waals surface area contributed by atoms with Crippen LogP contribution in [0.15, 0.2) is 30.0 Å². The molecule has 0 aliphatic heterocycles. The zero-order valence-corrected chi connectivity index (χ0v) is 19.0. The maximum absolute atomic E-state index is 12.6. The Morgan fingerprint density at radius 2 is 1.33 bits per heavy atom. The predicted molar refractivity (Wildman–Crippen MR) is 119 cm³/mol. The van der Waals surface area contributed by atoms with E-state index >= 15 is 0 Å². The Morgan fingerprint density at radius 3 is 1.75 bits per heavy atom. The minimum absolute atomic E-state index is 0. The van der Waals surface area contributed by atoms with Gasteiger partial charge in [-0.05, 0) is 41.5 Å². The summed E-state index contributed by atoms with van der Waals surface area (Å²) in [4.78, 5) is 20.7. The first kappa shape index (κ1) is 30.7. The Bertz CT molecular complexity index is 1190. The molecule has 0 fully saturated rings. The van der Waals surface area contributed by atoms with Crippen molar-refractivity contribution in [3.8, 4) is 0 Å². The maximum Gasteiger partial charge on any atom is 0.418 e. The van der Waals surface area contributed by atoms with E-state index in [-0.39, 0.29) is 22.6 Å². The van der Waals surface area contributed by atoms with Crippen molar-refractivity contribution in [1.82, 2.24) is 0 Å². The van der Waals surface area contributed by atoms with Crippen LogP contribution in [0.5, 0.6) is 0 Å². The van der Waals surface area contributed by atoms with E-state index in [0.29, 0.717) is 18.2 Å². The highest BCUT2D eigenvalue weighted by molar-refractivity contribution is 6.33. The van der Waals surface area contributed by atoms with Crippen LogP contribution in [0.3, 0.4) is 0 Å². The summed E-state index contributed by atoms with van der Waals surface area (Å²) in [6.07, 6.45) is -11.1. The van der Waals surface area contributed by atoms with E-state index in [1.807, 2.05) is 0 Å². The van der Waals surface area contributed by atoms with Crippen molar-refractivity contribution < 1.29 is 57.8 Å². The van der Waals surface area contributed by atoms with Gasteiger partial charge in [-0.3, -0.25) is 0 Å². The number of anilines is 2. The highest BCUT2D eigenvalue weighted by Crippen LogP contribution is 2.39. The third-order valence-corrected chi connectivity index (χ3v) is 4.81. The number of carboxylic acid groups (broad SMARTS) is 2. The quantitative estimate of drug-likeness (QED) is 0.125. The summed E-state index contributed by atoms with van der Waals surface area (Å²) in [5.41, 5.74) is 6.47. The van der Waals surface area contributed by atoms with Gasteiger partial charge in [-0.25, -0.2) is 9.59 Å². The smallest absolute Gasteiger partial charge is 0.418 e. The number of nitrogens with two attached hydrogens (primary N) is 2. The van der Waals surface area contributed by atoms with Gasteiger partial charge >= 0.3 is 24.3 Å². The van der Waals surface area contributed by atoms with Gasteiger partial charge in [0.1, 0.15) is 0 Å². The summed E-state index contributed by atoms with van der Waals surface area (Å²) in [5.74, 6) is -4.31. The minimum Gasteiger partial charge on any atom is -0.502 e. The Labute approximate surface area is 209 Å². The van der Waals surface area contributed by atoms with Gasteiger partial charge in [-0.15, -0.1) is 0 Å². The van der Waals surface area contributed by atoms with Gasteiger partial charge in [0, 0.05) is 7.85 Å². The highest BCUT2D eigenvalue weighted by atomic mass is 35.5. The number of alkyl halides is 6. The first-order valence-electron chi connectivity index (χ1n) is 9.11. The molecule has 8 nitrogen and oxygen atoms in total. The summed E-state index contributed by atoms with van der Waals surface area (Å²) >= 11 is 11.0. The van der Waals surface area contributed by atoms with Crippen molar-refractivity contribution in [2.45, 2.75) is 24.9 Å². The number of hydrogen-bond acceptors (Lipinski definition) is 6. The van der Waals surface area contributed by atoms with Gasteiger partial charge in [0.15, 0.2) is 6.10 Å². The molecule has 36 heavy (non-hydrogen) atoms. The van der Waals surface area contributed by atoms with E-state index in [1.54, 1.807) is 0 Å². The molecule has 0 amide bonds. The molecule has 0 aliphatic carbocycles. The maximum atomic E-state index is 12.6. The Hall–Kier alpha value is -3.36. The molecular weight excluding hydrogens is 549 g/mol. The van der Waals surface area contributed by atoms with Crippen LogP contribution in [0.2, 0.25) is 10.0 Å². The topological polar surface area (TPSA) is 167 Å². The fraction of sp³-hybridized carbons (Fsp3) is 0.200. The molecule has 1 unspecified atom stereocenters. The fourth-order valence-corrected chi connectivity index (χ4v) is 2.98. The number of hydrogen-bond donors (Lipinski definition) is 6. The first-order valence-corrected chi connectivity index (χ1v) is 9.87. The number of carbonyl (C=O) groups is 2. The summed E-state index contributed by atoms with van der Waals surface area (Å²) in [6, 6.07) is 3.39. The molecule has 0 aliphatic rings. The fourth-order valence-electron chi connectivity index (χ4n) is 2.51. The predicted octanol–water partition coefficient (Wildman–Crippen LogP) is 5.10. The minimum atomic E-state index is -4.73. The molecule has 0 radical (unpaired) electrons. The van der Waals surface area contributed by atoms with Crippen LogP contribution in [0.25, 0.3) is 6.08 Å². The summed E-state index contributed by atoms with van der Waals surface area (Å²) in [6.45, 7) is 0. The second kappa shape index (κ2) is 11.6. The van der Waals surface area contributed by atoms with Crippen LogP contribution in [0.4, 0.5) is 37.7 Å². The van der Waals surface area contributed by atoms with Crippen molar-refractivity contribution in [1.29, 1.82) is 0 Å². The first-order chi connectivity index (χ1) is 16.2. The standard InChI is InChI=1S/C10H9ClF3NO3.C10H7ClF3NO3.H2/c2*11-6-2-4(3-7(16)9(17)18)1-5(8(6)15)10(12,13)14;/h1-2,7,16H,3,15H2,(H,17,18);1-3,16H,15H2,(H,17,18);1H/b;7-3-;/i;;1+1. The zero-order valence-electron chi connectivity index (χ0n) is 17.5. The Balaban J connectivity index is 0.000000682. The monoisotopic (exact) mass is 567 g/mol. The number of aliphatic hydroxyl groups excluding tert-OH is 2. The lowest BCUT2D eigenvalue weighted by Crippen LogP contribution is -2.22. The lowest BCUT2D eigenvalue weighted by Gasteiger charge is -2.14. The van der Waals surface area contributed by atoms with Crippen LogP contribution in [0.1, 0.15) is 23.7 Å². The van der Waals surface area contributed by atoms with Crippen LogP contribution >= 0.6 is 23.2 Å². The van der Waals surface area contributed by atoms with E-state index in [4.69, 9.17) is 55.1 Å². The highest BCUT2D eigenvalue weighted by Gasteiger charge is 2.35. The summed E-state index contributed by atoms with van der Waals surface area (Å²) in [5, 5.41) is 34.2. The molecule has 200 valence electrons. The average Bonchev–Trinajstić information content (AvgIpc) is 2.71. The molecule has 0 bridgehead atoms. The van der Waals surface area contributed by atoms with Crippen molar-refractivity contribution in [2.24, 2.45) is 0 Å². The number of carboxylic acids is 2. The normalized spacial score (nSPS) is 13.0. The van der Waals surface area contributed by atoms with Gasteiger partial charge in [0.05, 0.1) is 32.5 Å². The molecule has 0 aromatic heterocycles. The molecule has 16 heteroatoms. The number of aliphatic hydroxyl groups is 2. The van der Waals surface area contributed by atoms with Crippen LogP contribution in [0, 0.1) is 0 Å². The third-order valence-electron chi connectivity index (χ3n) is 4.19. The van der Waals surface area contributed by atoms with Crippen molar-refractivity contribution in [3.63, 3.8) is 0 Å². The van der Waals surface area contributed by atoms with Gasteiger partial charge in [0.2, 0.25) is 5.76 Å². The third kappa shape index (κ3) is 8.39. The van der Waals surface area contributed by atoms with E-state index in [0.717, 1.165) is 12.1 Å². The molecule has 1 atom stereocenters. The zero-order chi connectivity index (χ0) is 28.2. The van der Waals surface area contributed by atoms with Gasteiger partial charge in [0.25, 0.3) is 0 Å². The van der Waals surface area contributed by atoms with E-state index in [9.17, 15) is 35.9 Å². The number of benzene rings is 2. The van der Waals surface area contributed by atoms with Gasteiger partial charge < -0.3 is 31.9 Å². The van der Waals surface area contributed by atoms with Crippen LogP contribution in [-0.2, 0) is 28.4 Å². The van der Waals surface area contributed by atoms with Crippen LogP contribution in [-0.4, -0.2) is 38.5 Å². The number of nitrogen functional groups attached to an aromatic ring is 2. The van der Waals surface area contributed by atoms with Crippen molar-refractivity contribution >= 4 is 52.6 Å². The summed E-state index contributed by atoms with van der Waals surface area (Å²) < 4.78 is 75.5. The van der Waals surface area contributed by atoms with E-state index in [1.165, 1.54) is 0 Å². The largest absolute Gasteiger partial charge is 0.502 e. The molecule has 0 spiro atoms. The van der Waals surface area contributed by atoms with E-state index < -0.39 is 65.1 Å². The average molecular weight is 568 g/mol.